The molecule has 0 spiro atoms. The first-order chi connectivity index (χ1) is 7.34. The highest BCUT2D eigenvalue weighted by atomic mass is 14.6. The smallest absolute Gasteiger partial charge is 0.0270 e. The maximum absolute atomic E-state index is 6.17. The van der Waals surface area contributed by atoms with Gasteiger partial charge < -0.3 is 5.73 Å². The van der Waals surface area contributed by atoms with Crippen LogP contribution in [0.1, 0.15) is 37.7 Å². The van der Waals surface area contributed by atoms with Crippen LogP contribution in [-0.2, 0) is 6.42 Å². The van der Waals surface area contributed by atoms with Gasteiger partial charge in [-0.2, -0.15) is 0 Å². The van der Waals surface area contributed by atoms with Gasteiger partial charge in [-0.15, -0.1) is 0 Å². The van der Waals surface area contributed by atoms with E-state index in [-0.39, 0.29) is 0 Å². The van der Waals surface area contributed by atoms with Crippen molar-refractivity contribution in [2.24, 2.45) is 11.7 Å². The third-order valence-electron chi connectivity index (χ3n) is 3.36. The minimum Gasteiger partial charge on any atom is -0.327 e. The summed E-state index contributed by atoms with van der Waals surface area (Å²) in [5.41, 5.74) is 7.48. The monoisotopic (exact) mass is 204 g/mol. The molecule has 2 nitrogen and oxygen atoms in total. The van der Waals surface area contributed by atoms with Crippen molar-refractivity contribution in [1.82, 2.24) is 4.98 Å². The fourth-order valence-corrected chi connectivity index (χ4v) is 2.58. The molecule has 0 bridgehead atoms. The van der Waals surface area contributed by atoms with Crippen LogP contribution in [0.2, 0.25) is 0 Å². The van der Waals surface area contributed by atoms with Gasteiger partial charge in [-0.3, -0.25) is 4.98 Å². The molecule has 1 aliphatic rings. The minimum absolute atomic E-state index is 0.329. The van der Waals surface area contributed by atoms with E-state index in [1.54, 1.807) is 0 Å². The average molecular weight is 204 g/mol. The number of hydrogen-bond donors (Lipinski definition) is 1. The molecule has 1 fully saturated rings. The first kappa shape index (κ1) is 10.6. The van der Waals surface area contributed by atoms with Crippen LogP contribution < -0.4 is 5.73 Å². The third kappa shape index (κ3) is 3.31. The SMILES string of the molecule is N[C@@H](Cc1ccncc1)CC1CCCC1. The Morgan fingerprint density at radius 1 is 1.27 bits per heavy atom. The molecule has 15 heavy (non-hydrogen) atoms. The van der Waals surface area contributed by atoms with E-state index < -0.39 is 0 Å². The quantitative estimate of drug-likeness (QED) is 0.818. The number of hydrogen-bond acceptors (Lipinski definition) is 2. The predicted octanol–water partition coefficient (Wildman–Crippen LogP) is 2.53. The zero-order valence-corrected chi connectivity index (χ0v) is 9.23. The van der Waals surface area contributed by atoms with Crippen molar-refractivity contribution in [2.75, 3.05) is 0 Å². The molecule has 2 N–H and O–H groups in total. The fourth-order valence-electron chi connectivity index (χ4n) is 2.58. The van der Waals surface area contributed by atoms with Crippen LogP contribution >= 0.6 is 0 Å². The molecule has 1 saturated carbocycles. The van der Waals surface area contributed by atoms with Crippen LogP contribution in [0.25, 0.3) is 0 Å². The Morgan fingerprint density at radius 3 is 2.60 bits per heavy atom. The van der Waals surface area contributed by atoms with Crippen molar-refractivity contribution >= 4 is 0 Å². The Bertz CT molecular complexity index is 278. The van der Waals surface area contributed by atoms with E-state index in [0.29, 0.717) is 6.04 Å². The molecular weight excluding hydrogens is 184 g/mol. The third-order valence-corrected chi connectivity index (χ3v) is 3.36. The van der Waals surface area contributed by atoms with Gasteiger partial charge in [0, 0.05) is 18.4 Å². The summed E-state index contributed by atoms with van der Waals surface area (Å²) in [4.78, 5) is 4.02. The highest BCUT2D eigenvalue weighted by molar-refractivity contribution is 5.11. The van der Waals surface area contributed by atoms with Gasteiger partial charge in [-0.05, 0) is 36.5 Å². The van der Waals surface area contributed by atoms with Crippen molar-refractivity contribution in [1.29, 1.82) is 0 Å². The number of rotatable bonds is 4. The zero-order chi connectivity index (χ0) is 10.5. The van der Waals surface area contributed by atoms with Gasteiger partial charge >= 0.3 is 0 Å². The molecule has 1 heterocycles. The second-order valence-electron chi connectivity index (χ2n) is 4.71. The molecule has 2 heteroatoms. The van der Waals surface area contributed by atoms with Gasteiger partial charge in [0.05, 0.1) is 0 Å². The highest BCUT2D eigenvalue weighted by Crippen LogP contribution is 2.28. The van der Waals surface area contributed by atoms with E-state index in [1.807, 2.05) is 12.4 Å². The summed E-state index contributed by atoms with van der Waals surface area (Å²) >= 11 is 0. The molecule has 0 unspecified atom stereocenters. The predicted molar refractivity (Wildman–Crippen MR) is 62.5 cm³/mol. The van der Waals surface area contributed by atoms with Crippen LogP contribution in [0.15, 0.2) is 24.5 Å². The number of nitrogens with zero attached hydrogens (tertiary/aromatic N) is 1. The molecule has 0 aliphatic heterocycles. The van der Waals surface area contributed by atoms with Crippen molar-refractivity contribution in [3.05, 3.63) is 30.1 Å². The Hall–Kier alpha value is -0.890. The summed E-state index contributed by atoms with van der Waals surface area (Å²) in [5.74, 6) is 0.891. The molecular formula is C13H20N2. The molecule has 0 amide bonds. The van der Waals surface area contributed by atoms with E-state index in [4.69, 9.17) is 5.73 Å². The topological polar surface area (TPSA) is 38.9 Å². The Kier molecular flexibility index (Phi) is 3.73. The second kappa shape index (κ2) is 5.26. The zero-order valence-electron chi connectivity index (χ0n) is 9.23. The number of aromatic nitrogens is 1. The molecule has 1 aliphatic carbocycles. The molecule has 1 aromatic rings. The van der Waals surface area contributed by atoms with Crippen LogP contribution in [-0.4, -0.2) is 11.0 Å². The minimum atomic E-state index is 0.329. The van der Waals surface area contributed by atoms with Crippen LogP contribution in [0.4, 0.5) is 0 Å². The van der Waals surface area contributed by atoms with E-state index in [9.17, 15) is 0 Å². The summed E-state index contributed by atoms with van der Waals surface area (Å²) in [6.45, 7) is 0. The fraction of sp³-hybridized carbons (Fsp3) is 0.615. The van der Waals surface area contributed by atoms with E-state index in [0.717, 1.165) is 12.3 Å². The standard InChI is InChI=1S/C13H20N2/c14-13(9-11-3-1-2-4-11)10-12-5-7-15-8-6-12/h5-8,11,13H,1-4,9-10,14H2/t13-/m1/s1. The van der Waals surface area contributed by atoms with Crippen molar-refractivity contribution in [3.8, 4) is 0 Å². The van der Waals surface area contributed by atoms with E-state index >= 15 is 0 Å². The summed E-state index contributed by atoms with van der Waals surface area (Å²) in [5, 5.41) is 0. The molecule has 0 saturated heterocycles. The Labute approximate surface area is 91.9 Å². The van der Waals surface area contributed by atoms with Gasteiger partial charge in [0.1, 0.15) is 0 Å². The first-order valence-corrected chi connectivity index (χ1v) is 5.99. The summed E-state index contributed by atoms with van der Waals surface area (Å²) < 4.78 is 0. The molecule has 82 valence electrons. The number of nitrogens with two attached hydrogens (primary N) is 1. The highest BCUT2D eigenvalue weighted by Gasteiger charge is 2.17. The normalized spacial score (nSPS) is 19.3. The van der Waals surface area contributed by atoms with Gasteiger partial charge in [0.25, 0.3) is 0 Å². The molecule has 1 atom stereocenters. The maximum Gasteiger partial charge on any atom is 0.0270 e. The Balaban J connectivity index is 1.79. The van der Waals surface area contributed by atoms with Gasteiger partial charge in [0.15, 0.2) is 0 Å². The van der Waals surface area contributed by atoms with Crippen LogP contribution in [0.3, 0.4) is 0 Å². The first-order valence-electron chi connectivity index (χ1n) is 5.99. The molecule has 1 aromatic heterocycles. The molecule has 0 radical (unpaired) electrons. The van der Waals surface area contributed by atoms with Gasteiger partial charge in [-0.1, -0.05) is 25.7 Å². The van der Waals surface area contributed by atoms with E-state index in [2.05, 4.69) is 17.1 Å². The van der Waals surface area contributed by atoms with Crippen molar-refractivity contribution in [3.63, 3.8) is 0 Å². The van der Waals surface area contributed by atoms with Crippen molar-refractivity contribution in [2.45, 2.75) is 44.6 Å². The lowest BCUT2D eigenvalue weighted by molar-refractivity contribution is 0.440. The summed E-state index contributed by atoms with van der Waals surface area (Å²) in [6, 6.07) is 4.46. The van der Waals surface area contributed by atoms with Gasteiger partial charge in [-0.25, -0.2) is 0 Å². The van der Waals surface area contributed by atoms with E-state index in [1.165, 1.54) is 37.7 Å². The lowest BCUT2D eigenvalue weighted by Crippen LogP contribution is -2.25. The van der Waals surface area contributed by atoms with Crippen LogP contribution in [0, 0.1) is 5.92 Å². The summed E-state index contributed by atoms with van der Waals surface area (Å²) in [6.07, 6.45) is 11.5. The Morgan fingerprint density at radius 2 is 1.93 bits per heavy atom. The lowest BCUT2D eigenvalue weighted by Gasteiger charge is -2.16. The number of pyridine rings is 1. The average Bonchev–Trinajstić information content (AvgIpc) is 2.71. The van der Waals surface area contributed by atoms with Crippen molar-refractivity contribution < 1.29 is 0 Å². The molecule has 0 aromatic carbocycles. The second-order valence-corrected chi connectivity index (χ2v) is 4.71. The maximum atomic E-state index is 6.17. The van der Waals surface area contributed by atoms with Crippen LogP contribution in [0.5, 0.6) is 0 Å². The largest absolute Gasteiger partial charge is 0.327 e. The lowest BCUT2D eigenvalue weighted by atomic mass is 9.95. The molecule has 2 rings (SSSR count). The summed E-state index contributed by atoms with van der Waals surface area (Å²) in [7, 11) is 0. The van der Waals surface area contributed by atoms with Gasteiger partial charge in [0.2, 0.25) is 0 Å².